The lowest BCUT2D eigenvalue weighted by Gasteiger charge is -2.32. The molecule has 1 aromatic carbocycles. The molecule has 0 saturated carbocycles. The smallest absolute Gasteiger partial charge is 0.274 e. The van der Waals surface area contributed by atoms with Gasteiger partial charge in [-0.15, -0.1) is 0 Å². The first-order valence-electron chi connectivity index (χ1n) is 11.4. The Morgan fingerprint density at radius 1 is 1.17 bits per heavy atom. The second-order valence-corrected chi connectivity index (χ2v) is 8.67. The van der Waals surface area contributed by atoms with Gasteiger partial charge in [-0.1, -0.05) is 12.1 Å². The minimum atomic E-state index is -0.480. The third kappa shape index (κ3) is 4.30. The number of likely N-dealkylation sites (tertiary alicyclic amines) is 1. The van der Waals surface area contributed by atoms with Gasteiger partial charge in [-0.3, -0.25) is 24.4 Å². The van der Waals surface area contributed by atoms with Crippen molar-refractivity contribution in [1.82, 2.24) is 30.0 Å². The number of ether oxygens (including phenoxy) is 1. The van der Waals surface area contributed by atoms with Crippen molar-refractivity contribution in [2.75, 3.05) is 13.1 Å². The fourth-order valence-corrected chi connectivity index (χ4v) is 4.65. The number of nitrogens with one attached hydrogen (secondary N) is 1. The predicted octanol–water partition coefficient (Wildman–Crippen LogP) is 1.44. The first-order valence-corrected chi connectivity index (χ1v) is 11.4. The number of nitrogens with zero attached hydrogens (tertiary/aromatic N) is 6. The summed E-state index contributed by atoms with van der Waals surface area (Å²) in [5.74, 6) is -0.615. The Morgan fingerprint density at radius 3 is 2.66 bits per heavy atom. The van der Waals surface area contributed by atoms with Crippen LogP contribution in [0.1, 0.15) is 53.5 Å². The van der Waals surface area contributed by atoms with Gasteiger partial charge in [-0.25, -0.2) is 9.97 Å². The second-order valence-electron chi connectivity index (χ2n) is 8.67. The summed E-state index contributed by atoms with van der Waals surface area (Å²) in [6, 6.07) is 7.55. The summed E-state index contributed by atoms with van der Waals surface area (Å²) in [6.07, 6.45) is 4.53. The number of benzene rings is 1. The fraction of sp³-hybridized carbons (Fsp3) is 0.375. The number of imide groups is 1. The maximum Gasteiger partial charge on any atom is 0.274 e. The number of aromatic nitrogens is 4. The van der Waals surface area contributed by atoms with Gasteiger partial charge in [0.05, 0.1) is 24.0 Å². The number of fused-ring (bicyclic) bond motifs is 1. The van der Waals surface area contributed by atoms with Crippen molar-refractivity contribution in [2.24, 2.45) is 7.05 Å². The van der Waals surface area contributed by atoms with E-state index in [0.717, 1.165) is 10.9 Å². The number of aryl methyl sites for hydroxylation is 1. The van der Waals surface area contributed by atoms with E-state index in [0.29, 0.717) is 43.8 Å². The molecule has 0 radical (unpaired) electrons. The standard InChI is InChI=1S/C24H23N7O4/c1-30-22-16(21(29-30)17-5-6-20(32)28-23(17)33)3-2-4-19(22)35-15-7-9-31(10-8-15)24(34)18-13-26-14(11-25)12-27-18/h2-4,12-13,15,17H,5-10H2,1H3,(H,28,32,33). The number of para-hydroxylation sites is 1. The SMILES string of the molecule is Cn1nc(C2CCC(=O)NC2=O)c2cccc(OC3CCN(C(=O)c4cnc(C#N)cn4)CC3)c21. The monoisotopic (exact) mass is 473 g/mol. The normalized spacial score (nSPS) is 18.9. The minimum absolute atomic E-state index is 0.0920. The van der Waals surface area contributed by atoms with Gasteiger partial charge in [0.15, 0.2) is 5.69 Å². The topological polar surface area (TPSA) is 143 Å². The maximum atomic E-state index is 12.7. The van der Waals surface area contributed by atoms with Crippen molar-refractivity contribution in [2.45, 2.75) is 37.7 Å². The second kappa shape index (κ2) is 9.13. The molecule has 2 fully saturated rings. The molecular weight excluding hydrogens is 450 g/mol. The van der Waals surface area contributed by atoms with E-state index >= 15 is 0 Å². The van der Waals surface area contributed by atoms with Crippen LogP contribution in [-0.2, 0) is 16.6 Å². The fourth-order valence-electron chi connectivity index (χ4n) is 4.65. The molecule has 0 bridgehead atoms. The Kier molecular flexibility index (Phi) is 5.86. The van der Waals surface area contributed by atoms with Crippen LogP contribution >= 0.6 is 0 Å². The highest BCUT2D eigenvalue weighted by Crippen LogP contribution is 2.35. The average molecular weight is 473 g/mol. The van der Waals surface area contributed by atoms with Crippen LogP contribution < -0.4 is 10.1 Å². The van der Waals surface area contributed by atoms with Gasteiger partial charge in [0.1, 0.15) is 29.1 Å². The van der Waals surface area contributed by atoms with Crippen molar-refractivity contribution >= 4 is 28.6 Å². The molecule has 3 aromatic rings. The number of nitriles is 1. The summed E-state index contributed by atoms with van der Waals surface area (Å²) in [4.78, 5) is 46.3. The molecule has 2 aromatic heterocycles. The molecule has 3 amide bonds. The van der Waals surface area contributed by atoms with Crippen molar-refractivity contribution in [3.8, 4) is 11.8 Å². The predicted molar refractivity (Wildman–Crippen MR) is 122 cm³/mol. The molecule has 2 aliphatic heterocycles. The van der Waals surface area contributed by atoms with Gasteiger partial charge < -0.3 is 9.64 Å². The lowest BCUT2D eigenvalue weighted by Crippen LogP contribution is -2.42. The molecule has 178 valence electrons. The lowest BCUT2D eigenvalue weighted by molar-refractivity contribution is -0.134. The Balaban J connectivity index is 1.29. The minimum Gasteiger partial charge on any atom is -0.488 e. The molecule has 5 rings (SSSR count). The van der Waals surface area contributed by atoms with Crippen LogP contribution in [0.25, 0.3) is 10.9 Å². The number of hydrogen-bond donors (Lipinski definition) is 1. The molecule has 1 N–H and O–H groups in total. The highest BCUT2D eigenvalue weighted by Gasteiger charge is 2.32. The maximum absolute atomic E-state index is 12.7. The first kappa shape index (κ1) is 22.5. The third-order valence-corrected chi connectivity index (χ3v) is 6.43. The van der Waals surface area contributed by atoms with Crippen LogP contribution in [0, 0.1) is 11.3 Å². The summed E-state index contributed by atoms with van der Waals surface area (Å²) in [5.41, 5.74) is 1.81. The quantitative estimate of drug-likeness (QED) is 0.561. The number of hydrogen-bond acceptors (Lipinski definition) is 8. The molecule has 11 heteroatoms. The van der Waals surface area contributed by atoms with Gasteiger partial charge in [-0.2, -0.15) is 10.4 Å². The van der Waals surface area contributed by atoms with Crippen LogP contribution in [0.4, 0.5) is 0 Å². The number of amides is 3. The number of rotatable bonds is 4. The van der Waals surface area contributed by atoms with E-state index in [2.05, 4.69) is 20.4 Å². The molecule has 4 heterocycles. The van der Waals surface area contributed by atoms with Gasteiger partial charge >= 0.3 is 0 Å². The van der Waals surface area contributed by atoms with Crippen molar-refractivity contribution in [3.05, 3.63) is 47.7 Å². The molecule has 1 atom stereocenters. The number of carbonyl (C=O) groups is 3. The summed E-state index contributed by atoms with van der Waals surface area (Å²) in [5, 5.41) is 16.7. The molecule has 11 nitrogen and oxygen atoms in total. The van der Waals surface area contributed by atoms with Crippen molar-refractivity contribution in [3.63, 3.8) is 0 Å². The Morgan fingerprint density at radius 2 is 1.97 bits per heavy atom. The van der Waals surface area contributed by atoms with Crippen LogP contribution in [0.2, 0.25) is 0 Å². The average Bonchev–Trinajstić information content (AvgIpc) is 3.21. The summed E-state index contributed by atoms with van der Waals surface area (Å²) in [7, 11) is 1.81. The van der Waals surface area contributed by atoms with Gasteiger partial charge in [0, 0.05) is 44.8 Å². The molecule has 0 spiro atoms. The van der Waals surface area contributed by atoms with E-state index in [9.17, 15) is 14.4 Å². The molecule has 0 aliphatic carbocycles. The van der Waals surface area contributed by atoms with E-state index in [1.165, 1.54) is 12.4 Å². The molecule has 1 unspecified atom stereocenters. The number of carbonyl (C=O) groups excluding carboxylic acids is 3. The zero-order valence-corrected chi connectivity index (χ0v) is 19.1. The van der Waals surface area contributed by atoms with E-state index in [4.69, 9.17) is 10.00 Å². The van der Waals surface area contributed by atoms with Crippen molar-refractivity contribution < 1.29 is 19.1 Å². The zero-order chi connectivity index (χ0) is 24.5. The molecular formula is C24H23N7O4. The van der Waals surface area contributed by atoms with E-state index in [-0.39, 0.29) is 41.6 Å². The third-order valence-electron chi connectivity index (χ3n) is 6.43. The summed E-state index contributed by atoms with van der Waals surface area (Å²) >= 11 is 0. The summed E-state index contributed by atoms with van der Waals surface area (Å²) in [6.45, 7) is 1.02. The highest BCUT2D eigenvalue weighted by atomic mass is 16.5. The van der Waals surface area contributed by atoms with Crippen molar-refractivity contribution in [1.29, 1.82) is 5.26 Å². The number of piperidine rings is 2. The Bertz CT molecular complexity index is 1350. The van der Waals surface area contributed by atoms with E-state index in [1.54, 1.807) is 9.58 Å². The van der Waals surface area contributed by atoms with E-state index in [1.807, 2.05) is 31.3 Å². The van der Waals surface area contributed by atoms with Crippen LogP contribution in [-0.4, -0.2) is 61.6 Å². The largest absolute Gasteiger partial charge is 0.488 e. The molecule has 2 aliphatic rings. The Labute approximate surface area is 200 Å². The first-order chi connectivity index (χ1) is 16.9. The van der Waals surface area contributed by atoms with E-state index < -0.39 is 5.92 Å². The van der Waals surface area contributed by atoms with Gasteiger partial charge in [0.2, 0.25) is 11.8 Å². The van der Waals surface area contributed by atoms with Crippen LogP contribution in [0.15, 0.2) is 30.6 Å². The molecule has 2 saturated heterocycles. The van der Waals surface area contributed by atoms with Gasteiger partial charge in [0.25, 0.3) is 5.91 Å². The van der Waals surface area contributed by atoms with Gasteiger partial charge in [-0.05, 0) is 12.5 Å². The van der Waals surface area contributed by atoms with Crippen LogP contribution in [0.5, 0.6) is 5.75 Å². The van der Waals surface area contributed by atoms with Crippen LogP contribution in [0.3, 0.4) is 0 Å². The molecule has 35 heavy (non-hydrogen) atoms. The lowest BCUT2D eigenvalue weighted by atomic mass is 9.93. The zero-order valence-electron chi connectivity index (χ0n) is 19.1. The Hall–Kier alpha value is -4.33. The highest BCUT2D eigenvalue weighted by molar-refractivity contribution is 6.03. The summed E-state index contributed by atoms with van der Waals surface area (Å²) < 4.78 is 8.05.